The maximum atomic E-state index is 5.48. The average Bonchev–Trinajstić information content (AvgIpc) is 2.28. The molecule has 0 spiro atoms. The molecule has 1 heterocycles. The lowest BCUT2D eigenvalue weighted by atomic mass is 10.1. The Morgan fingerprint density at radius 1 is 1.47 bits per heavy atom. The van der Waals surface area contributed by atoms with E-state index in [0.29, 0.717) is 18.6 Å². The Morgan fingerprint density at radius 3 is 2.71 bits per heavy atom. The number of nitrogens with zero attached hydrogens (tertiary/aromatic N) is 1. The van der Waals surface area contributed by atoms with E-state index in [0.717, 1.165) is 16.9 Å². The minimum absolute atomic E-state index is 0.294. The molecule has 4 heteroatoms. The predicted molar refractivity (Wildman–Crippen MR) is 75.4 cm³/mol. The highest BCUT2D eigenvalue weighted by Gasteiger charge is 2.14. The van der Waals surface area contributed by atoms with Crippen molar-refractivity contribution in [1.82, 2.24) is 4.98 Å². The number of aromatic nitrogens is 1. The Kier molecular flexibility index (Phi) is 5.92. The minimum atomic E-state index is 0.294. The minimum Gasteiger partial charge on any atom is -0.380 e. The van der Waals surface area contributed by atoms with Crippen LogP contribution in [-0.4, -0.2) is 24.2 Å². The second-order valence-corrected chi connectivity index (χ2v) is 5.33. The molecular weight excluding hydrogens is 280 g/mol. The quantitative estimate of drug-likeness (QED) is 0.871. The van der Waals surface area contributed by atoms with Crippen LogP contribution < -0.4 is 5.32 Å². The molecular formula is C13H21BrN2O. The number of halogens is 1. The van der Waals surface area contributed by atoms with Gasteiger partial charge in [-0.3, -0.25) is 0 Å². The molecule has 0 aliphatic rings. The molecule has 0 aromatic carbocycles. The average molecular weight is 301 g/mol. The number of pyridine rings is 1. The highest BCUT2D eigenvalue weighted by molar-refractivity contribution is 9.10. The van der Waals surface area contributed by atoms with E-state index in [-0.39, 0.29) is 0 Å². The fourth-order valence-electron chi connectivity index (χ4n) is 1.45. The Bertz CT molecular complexity index is 355. The number of hydrogen-bond donors (Lipinski definition) is 1. The normalized spacial score (nSPS) is 12.8. The molecule has 1 unspecified atom stereocenters. The topological polar surface area (TPSA) is 34.1 Å². The van der Waals surface area contributed by atoms with Gasteiger partial charge in [-0.25, -0.2) is 4.98 Å². The maximum absolute atomic E-state index is 5.48. The van der Waals surface area contributed by atoms with E-state index in [9.17, 15) is 0 Å². The van der Waals surface area contributed by atoms with Crippen molar-refractivity contribution in [2.75, 3.05) is 18.5 Å². The first-order chi connectivity index (χ1) is 8.04. The molecule has 0 saturated heterocycles. The van der Waals surface area contributed by atoms with Crippen LogP contribution in [0.1, 0.15) is 26.3 Å². The summed E-state index contributed by atoms with van der Waals surface area (Å²) in [6.45, 7) is 9.90. The van der Waals surface area contributed by atoms with Crippen molar-refractivity contribution in [3.63, 3.8) is 0 Å². The van der Waals surface area contributed by atoms with Crippen molar-refractivity contribution in [1.29, 1.82) is 0 Å². The molecule has 0 saturated carbocycles. The first-order valence-electron chi connectivity index (χ1n) is 6.01. The Balaban J connectivity index is 2.68. The molecule has 1 atom stereocenters. The van der Waals surface area contributed by atoms with Gasteiger partial charge in [0.15, 0.2) is 0 Å². The molecule has 0 amide bonds. The van der Waals surface area contributed by atoms with Gasteiger partial charge in [0.2, 0.25) is 0 Å². The van der Waals surface area contributed by atoms with Gasteiger partial charge in [-0.1, -0.05) is 13.8 Å². The fraction of sp³-hybridized carbons (Fsp3) is 0.615. The summed E-state index contributed by atoms with van der Waals surface area (Å²) in [6.07, 6.45) is 1.83. The van der Waals surface area contributed by atoms with Crippen molar-refractivity contribution >= 4 is 21.7 Å². The molecule has 1 N–H and O–H groups in total. The van der Waals surface area contributed by atoms with Crippen LogP contribution in [0.3, 0.4) is 0 Å². The van der Waals surface area contributed by atoms with Crippen LogP contribution in [0.2, 0.25) is 0 Å². The SMILES string of the molecule is CCOCC(Nc1cc(C)c(Br)cn1)C(C)C. The van der Waals surface area contributed by atoms with Crippen molar-refractivity contribution in [3.05, 3.63) is 22.3 Å². The lowest BCUT2D eigenvalue weighted by molar-refractivity contribution is 0.126. The van der Waals surface area contributed by atoms with E-state index < -0.39 is 0 Å². The molecule has 0 radical (unpaired) electrons. The first kappa shape index (κ1) is 14.5. The van der Waals surface area contributed by atoms with Gasteiger partial charge >= 0.3 is 0 Å². The standard InChI is InChI=1S/C13H21BrN2O/c1-5-17-8-12(9(2)3)16-13-6-10(4)11(14)7-15-13/h6-7,9,12H,5,8H2,1-4H3,(H,15,16). The second kappa shape index (κ2) is 6.97. The first-order valence-corrected chi connectivity index (χ1v) is 6.80. The summed E-state index contributed by atoms with van der Waals surface area (Å²) < 4.78 is 6.52. The molecule has 0 aliphatic heterocycles. The Hall–Kier alpha value is -0.610. The molecule has 96 valence electrons. The van der Waals surface area contributed by atoms with Gasteiger partial charge in [0.05, 0.1) is 12.6 Å². The summed E-state index contributed by atoms with van der Waals surface area (Å²) >= 11 is 3.45. The van der Waals surface area contributed by atoms with Gasteiger partial charge in [0.25, 0.3) is 0 Å². The third-order valence-electron chi connectivity index (χ3n) is 2.69. The summed E-state index contributed by atoms with van der Waals surface area (Å²) in [6, 6.07) is 2.34. The molecule has 0 fully saturated rings. The number of rotatable bonds is 6. The highest BCUT2D eigenvalue weighted by Crippen LogP contribution is 2.18. The smallest absolute Gasteiger partial charge is 0.126 e. The van der Waals surface area contributed by atoms with E-state index in [1.807, 2.05) is 19.2 Å². The van der Waals surface area contributed by atoms with Crippen molar-refractivity contribution in [2.24, 2.45) is 5.92 Å². The van der Waals surface area contributed by atoms with Crippen molar-refractivity contribution in [3.8, 4) is 0 Å². The Morgan fingerprint density at radius 2 is 2.18 bits per heavy atom. The number of aryl methyl sites for hydroxylation is 1. The lowest BCUT2D eigenvalue weighted by Crippen LogP contribution is -2.31. The van der Waals surface area contributed by atoms with Crippen molar-refractivity contribution < 1.29 is 4.74 Å². The predicted octanol–water partition coefficient (Wildman–Crippen LogP) is 3.63. The van der Waals surface area contributed by atoms with Crippen LogP contribution in [-0.2, 0) is 4.74 Å². The van der Waals surface area contributed by atoms with Crippen LogP contribution >= 0.6 is 15.9 Å². The monoisotopic (exact) mass is 300 g/mol. The molecule has 1 aromatic rings. The molecule has 1 aromatic heterocycles. The van der Waals surface area contributed by atoms with Crippen LogP contribution in [0.15, 0.2) is 16.7 Å². The van der Waals surface area contributed by atoms with Gasteiger partial charge in [-0.15, -0.1) is 0 Å². The van der Waals surface area contributed by atoms with Crippen LogP contribution in [0.4, 0.5) is 5.82 Å². The van der Waals surface area contributed by atoms with E-state index in [2.05, 4.69) is 47.0 Å². The lowest BCUT2D eigenvalue weighted by Gasteiger charge is -2.22. The third kappa shape index (κ3) is 4.64. The zero-order chi connectivity index (χ0) is 12.8. The fourth-order valence-corrected chi connectivity index (χ4v) is 1.67. The van der Waals surface area contributed by atoms with Gasteiger partial charge in [-0.05, 0) is 47.3 Å². The number of nitrogens with one attached hydrogen (secondary N) is 1. The van der Waals surface area contributed by atoms with Crippen molar-refractivity contribution in [2.45, 2.75) is 33.7 Å². The molecule has 1 rings (SSSR count). The largest absolute Gasteiger partial charge is 0.380 e. The van der Waals surface area contributed by atoms with Gasteiger partial charge in [-0.2, -0.15) is 0 Å². The summed E-state index contributed by atoms with van der Waals surface area (Å²) in [5.41, 5.74) is 1.18. The molecule has 17 heavy (non-hydrogen) atoms. The van der Waals surface area contributed by atoms with Gasteiger partial charge < -0.3 is 10.1 Å². The van der Waals surface area contributed by atoms with E-state index in [1.54, 1.807) is 0 Å². The number of anilines is 1. The van der Waals surface area contributed by atoms with Gasteiger partial charge in [0, 0.05) is 17.3 Å². The summed E-state index contributed by atoms with van der Waals surface area (Å²) in [5, 5.41) is 3.42. The third-order valence-corrected chi connectivity index (χ3v) is 3.52. The van der Waals surface area contributed by atoms with Crippen LogP contribution in [0.5, 0.6) is 0 Å². The number of ether oxygens (including phenoxy) is 1. The van der Waals surface area contributed by atoms with E-state index in [1.165, 1.54) is 5.56 Å². The summed E-state index contributed by atoms with van der Waals surface area (Å²) in [7, 11) is 0. The van der Waals surface area contributed by atoms with E-state index >= 15 is 0 Å². The van der Waals surface area contributed by atoms with Gasteiger partial charge in [0.1, 0.15) is 5.82 Å². The Labute approximate surface area is 112 Å². The van der Waals surface area contributed by atoms with Crippen LogP contribution in [0, 0.1) is 12.8 Å². The zero-order valence-electron chi connectivity index (χ0n) is 11.0. The van der Waals surface area contributed by atoms with Crippen LogP contribution in [0.25, 0.3) is 0 Å². The maximum Gasteiger partial charge on any atom is 0.126 e. The molecule has 3 nitrogen and oxygen atoms in total. The summed E-state index contributed by atoms with van der Waals surface area (Å²) in [5.74, 6) is 1.41. The zero-order valence-corrected chi connectivity index (χ0v) is 12.5. The molecule has 0 bridgehead atoms. The number of hydrogen-bond acceptors (Lipinski definition) is 3. The highest BCUT2D eigenvalue weighted by atomic mass is 79.9. The van der Waals surface area contributed by atoms with E-state index in [4.69, 9.17) is 4.74 Å². The molecule has 0 aliphatic carbocycles. The second-order valence-electron chi connectivity index (χ2n) is 4.47. The summed E-state index contributed by atoms with van der Waals surface area (Å²) in [4.78, 5) is 4.36.